The molecule has 94 valence electrons. The number of thioether (sulfide) groups is 1. The van der Waals surface area contributed by atoms with Gasteiger partial charge in [-0.1, -0.05) is 17.7 Å². The lowest BCUT2D eigenvalue weighted by molar-refractivity contribution is 0.0938. The minimum absolute atomic E-state index is 0.00231. The highest BCUT2D eigenvalue weighted by molar-refractivity contribution is 7.99. The van der Waals surface area contributed by atoms with Gasteiger partial charge in [0.05, 0.1) is 0 Å². The van der Waals surface area contributed by atoms with E-state index >= 15 is 0 Å². The standard InChI is InChI=1S/C15H15FOS/c1-3-5-12-10(4-2)9-18-14-7-6-11(16)8-13(14)15(12)17/h3-4,6-8,12H,1,5,9H2,2H3/b10-4+. The van der Waals surface area contributed by atoms with Gasteiger partial charge in [-0.25, -0.2) is 4.39 Å². The fourth-order valence-electron chi connectivity index (χ4n) is 2.15. The average molecular weight is 262 g/mol. The van der Waals surface area contributed by atoms with Gasteiger partial charge in [0.15, 0.2) is 5.78 Å². The minimum Gasteiger partial charge on any atom is -0.293 e. The lowest BCUT2D eigenvalue weighted by Crippen LogP contribution is -2.16. The minimum atomic E-state index is -0.357. The Morgan fingerprint density at radius 2 is 2.33 bits per heavy atom. The van der Waals surface area contributed by atoms with Gasteiger partial charge in [0.25, 0.3) is 0 Å². The lowest BCUT2D eigenvalue weighted by Gasteiger charge is -2.14. The molecular weight excluding hydrogens is 247 g/mol. The van der Waals surface area contributed by atoms with Crippen LogP contribution >= 0.6 is 11.8 Å². The highest BCUT2D eigenvalue weighted by Gasteiger charge is 2.28. The molecule has 0 saturated heterocycles. The highest BCUT2D eigenvalue weighted by Crippen LogP contribution is 2.36. The van der Waals surface area contributed by atoms with Gasteiger partial charge >= 0.3 is 0 Å². The monoisotopic (exact) mass is 262 g/mol. The van der Waals surface area contributed by atoms with Gasteiger partial charge in [0.2, 0.25) is 0 Å². The number of hydrogen-bond acceptors (Lipinski definition) is 2. The normalized spacial score (nSPS) is 21.6. The van der Waals surface area contributed by atoms with E-state index in [1.807, 2.05) is 13.0 Å². The smallest absolute Gasteiger partial charge is 0.171 e. The second-order valence-corrected chi connectivity index (χ2v) is 5.25. The summed E-state index contributed by atoms with van der Waals surface area (Å²) in [7, 11) is 0. The summed E-state index contributed by atoms with van der Waals surface area (Å²) in [5.74, 6) is 0.230. The molecule has 18 heavy (non-hydrogen) atoms. The molecule has 0 saturated carbocycles. The molecule has 0 N–H and O–H groups in total. The average Bonchev–Trinajstić information content (AvgIpc) is 2.49. The molecule has 0 aliphatic carbocycles. The SMILES string of the molecule is C=CCC1C(=O)c2cc(F)ccc2SC/C1=C\C. The van der Waals surface area contributed by atoms with E-state index in [4.69, 9.17) is 0 Å². The molecule has 0 amide bonds. The van der Waals surface area contributed by atoms with Crippen molar-refractivity contribution in [2.75, 3.05) is 5.75 Å². The molecule has 1 unspecified atom stereocenters. The maximum absolute atomic E-state index is 13.3. The number of hydrogen-bond donors (Lipinski definition) is 0. The molecule has 3 heteroatoms. The highest BCUT2D eigenvalue weighted by atomic mass is 32.2. The molecule has 1 aliphatic heterocycles. The number of carbonyl (C=O) groups is 1. The number of halogens is 1. The van der Waals surface area contributed by atoms with Crippen LogP contribution < -0.4 is 0 Å². The maximum Gasteiger partial charge on any atom is 0.171 e. The molecule has 2 rings (SSSR count). The molecular formula is C15H15FOS. The molecule has 0 fully saturated rings. The fraction of sp³-hybridized carbons (Fsp3) is 0.267. The Morgan fingerprint density at radius 3 is 3.00 bits per heavy atom. The van der Waals surface area contributed by atoms with E-state index in [1.54, 1.807) is 23.9 Å². The number of benzene rings is 1. The third-order valence-corrected chi connectivity index (χ3v) is 4.28. The molecule has 1 heterocycles. The first-order valence-electron chi connectivity index (χ1n) is 5.90. The van der Waals surface area contributed by atoms with Crippen molar-refractivity contribution in [3.8, 4) is 0 Å². The van der Waals surface area contributed by atoms with Crippen molar-refractivity contribution >= 4 is 17.5 Å². The second kappa shape index (κ2) is 5.53. The topological polar surface area (TPSA) is 17.1 Å². The van der Waals surface area contributed by atoms with Gasteiger partial charge in [0.1, 0.15) is 5.82 Å². The van der Waals surface area contributed by atoms with Gasteiger partial charge in [0, 0.05) is 22.1 Å². The third kappa shape index (κ3) is 2.41. The van der Waals surface area contributed by atoms with Crippen LogP contribution in [0.2, 0.25) is 0 Å². The first kappa shape index (κ1) is 13.1. The van der Waals surface area contributed by atoms with E-state index in [1.165, 1.54) is 12.1 Å². The van der Waals surface area contributed by atoms with Crippen LogP contribution in [0.5, 0.6) is 0 Å². The fourth-order valence-corrected chi connectivity index (χ4v) is 3.32. The molecule has 0 spiro atoms. The molecule has 0 bridgehead atoms. The van der Waals surface area contributed by atoms with E-state index < -0.39 is 0 Å². The summed E-state index contributed by atoms with van der Waals surface area (Å²) in [4.78, 5) is 13.3. The van der Waals surface area contributed by atoms with Crippen LogP contribution in [0, 0.1) is 11.7 Å². The number of carbonyl (C=O) groups excluding carboxylic acids is 1. The van der Waals surface area contributed by atoms with Crippen LogP contribution in [0.4, 0.5) is 4.39 Å². The summed E-state index contributed by atoms with van der Waals surface area (Å²) in [5.41, 5.74) is 1.60. The van der Waals surface area contributed by atoms with Crippen molar-refractivity contribution in [1.82, 2.24) is 0 Å². The van der Waals surface area contributed by atoms with Crippen molar-refractivity contribution in [3.63, 3.8) is 0 Å². The van der Waals surface area contributed by atoms with E-state index in [9.17, 15) is 9.18 Å². The van der Waals surface area contributed by atoms with Crippen LogP contribution in [0.25, 0.3) is 0 Å². The number of allylic oxidation sites excluding steroid dienone is 2. The van der Waals surface area contributed by atoms with Crippen LogP contribution in [0.1, 0.15) is 23.7 Å². The maximum atomic E-state index is 13.3. The van der Waals surface area contributed by atoms with Crippen molar-refractivity contribution < 1.29 is 9.18 Å². The first-order chi connectivity index (χ1) is 8.67. The summed E-state index contributed by atoms with van der Waals surface area (Å²) in [6, 6.07) is 4.44. The zero-order valence-corrected chi connectivity index (χ0v) is 11.1. The predicted octanol–water partition coefficient (Wildman–Crippen LogP) is 4.25. The van der Waals surface area contributed by atoms with E-state index in [2.05, 4.69) is 6.58 Å². The summed E-state index contributed by atoms with van der Waals surface area (Å²) in [5, 5.41) is 0. The number of ketones is 1. The van der Waals surface area contributed by atoms with Crippen molar-refractivity contribution in [2.24, 2.45) is 5.92 Å². The Labute approximate surface area is 111 Å². The van der Waals surface area contributed by atoms with Crippen molar-refractivity contribution in [3.05, 3.63) is 53.9 Å². The van der Waals surface area contributed by atoms with Gasteiger partial charge < -0.3 is 0 Å². The third-order valence-electron chi connectivity index (χ3n) is 3.14. The van der Waals surface area contributed by atoms with Crippen molar-refractivity contribution in [2.45, 2.75) is 18.2 Å². The van der Waals surface area contributed by atoms with Gasteiger partial charge in [-0.3, -0.25) is 4.79 Å². The molecule has 1 nitrogen and oxygen atoms in total. The quantitative estimate of drug-likeness (QED) is 0.741. The summed E-state index contributed by atoms with van der Waals surface area (Å²) in [6.07, 6.45) is 4.34. The van der Waals surface area contributed by atoms with Gasteiger partial charge in [-0.05, 0) is 31.5 Å². The zero-order valence-electron chi connectivity index (χ0n) is 10.3. The van der Waals surface area contributed by atoms with Gasteiger partial charge in [-0.2, -0.15) is 0 Å². The van der Waals surface area contributed by atoms with E-state index in [-0.39, 0.29) is 17.5 Å². The van der Waals surface area contributed by atoms with E-state index in [0.717, 1.165) is 16.2 Å². The van der Waals surface area contributed by atoms with Gasteiger partial charge in [-0.15, -0.1) is 18.3 Å². The van der Waals surface area contributed by atoms with Crippen LogP contribution in [-0.2, 0) is 0 Å². The molecule has 0 aromatic heterocycles. The molecule has 0 radical (unpaired) electrons. The summed E-state index contributed by atoms with van der Waals surface area (Å²) in [6.45, 7) is 5.64. The Kier molecular flexibility index (Phi) is 4.02. The largest absolute Gasteiger partial charge is 0.293 e. The second-order valence-electron chi connectivity index (χ2n) is 4.23. The summed E-state index contributed by atoms with van der Waals surface area (Å²) >= 11 is 1.59. The molecule has 1 aromatic rings. The first-order valence-corrected chi connectivity index (χ1v) is 6.88. The number of Topliss-reactive ketones (excluding diaryl/α,β-unsaturated/α-hetero) is 1. The molecule has 1 atom stereocenters. The molecule has 1 aliphatic rings. The Morgan fingerprint density at radius 1 is 1.56 bits per heavy atom. The Bertz CT molecular complexity index is 519. The van der Waals surface area contributed by atoms with E-state index in [0.29, 0.717) is 12.0 Å². The number of fused-ring (bicyclic) bond motifs is 1. The molecule has 1 aromatic carbocycles. The van der Waals surface area contributed by atoms with Crippen LogP contribution in [-0.4, -0.2) is 11.5 Å². The van der Waals surface area contributed by atoms with Crippen LogP contribution in [0.15, 0.2) is 47.4 Å². The van der Waals surface area contributed by atoms with Crippen LogP contribution in [0.3, 0.4) is 0 Å². The summed E-state index contributed by atoms with van der Waals surface area (Å²) < 4.78 is 13.3. The van der Waals surface area contributed by atoms with Crippen molar-refractivity contribution in [1.29, 1.82) is 0 Å². The Hall–Kier alpha value is -1.35. The Balaban J connectivity index is 2.49. The zero-order chi connectivity index (χ0) is 13.1. The lowest BCUT2D eigenvalue weighted by atomic mass is 9.88. The number of rotatable bonds is 2. The predicted molar refractivity (Wildman–Crippen MR) is 73.5 cm³/mol.